The number of urea groups is 1. The van der Waals surface area contributed by atoms with E-state index in [-0.39, 0.29) is 6.03 Å². The van der Waals surface area contributed by atoms with Crippen molar-refractivity contribution >= 4 is 6.03 Å². The number of hydrogen-bond acceptors (Lipinski definition) is 3. The molecule has 1 rings (SSSR count). The quantitative estimate of drug-likeness (QED) is 0.491. The topological polar surface area (TPSA) is 62.4 Å². The lowest BCUT2D eigenvalue weighted by Crippen LogP contribution is -2.50. The van der Waals surface area contributed by atoms with E-state index in [0.717, 1.165) is 19.6 Å². The van der Waals surface area contributed by atoms with Crippen LogP contribution in [0.1, 0.15) is 0 Å². The minimum Gasteiger partial charge on any atom is -0.383 e. The third kappa shape index (κ3) is 4.10. The van der Waals surface area contributed by atoms with E-state index in [0.29, 0.717) is 19.1 Å². The Morgan fingerprint density at radius 1 is 1.54 bits per heavy atom. The Morgan fingerprint density at radius 2 is 2.31 bits per heavy atom. The summed E-state index contributed by atoms with van der Waals surface area (Å²) in [6, 6.07) is -0.107. The highest BCUT2D eigenvalue weighted by Gasteiger charge is 2.16. The van der Waals surface area contributed by atoms with Crippen LogP contribution in [0.2, 0.25) is 0 Å². The van der Waals surface area contributed by atoms with Gasteiger partial charge < -0.3 is 20.7 Å². The number of methoxy groups -OCH3 is 1. The van der Waals surface area contributed by atoms with Crippen molar-refractivity contribution in [3.05, 3.63) is 0 Å². The van der Waals surface area contributed by atoms with Gasteiger partial charge in [-0.05, 0) is 0 Å². The van der Waals surface area contributed by atoms with Gasteiger partial charge in [0.2, 0.25) is 0 Å². The predicted molar refractivity (Wildman–Crippen MR) is 49.6 cm³/mol. The Balaban J connectivity index is 1.90. The van der Waals surface area contributed by atoms with Crippen molar-refractivity contribution in [3.8, 4) is 0 Å². The van der Waals surface area contributed by atoms with Crippen LogP contribution in [0.4, 0.5) is 4.79 Å². The number of rotatable bonds is 5. The summed E-state index contributed by atoms with van der Waals surface area (Å²) >= 11 is 0. The van der Waals surface area contributed by atoms with E-state index in [1.807, 2.05) is 0 Å². The summed E-state index contributed by atoms with van der Waals surface area (Å²) in [6.07, 6.45) is 0. The Kier molecular flexibility index (Phi) is 4.56. The lowest BCUT2D eigenvalue weighted by Gasteiger charge is -2.27. The average Bonchev–Trinajstić information content (AvgIpc) is 2.02. The van der Waals surface area contributed by atoms with Crippen molar-refractivity contribution < 1.29 is 9.53 Å². The Labute approximate surface area is 78.2 Å². The summed E-state index contributed by atoms with van der Waals surface area (Å²) in [6.45, 7) is 3.90. The maximum atomic E-state index is 11.1. The fourth-order valence-electron chi connectivity index (χ4n) is 1.06. The van der Waals surface area contributed by atoms with Gasteiger partial charge in [0.1, 0.15) is 0 Å². The van der Waals surface area contributed by atoms with E-state index in [4.69, 9.17) is 4.74 Å². The zero-order valence-corrected chi connectivity index (χ0v) is 7.93. The highest BCUT2D eigenvalue weighted by molar-refractivity contribution is 5.73. The van der Waals surface area contributed by atoms with Crippen molar-refractivity contribution in [2.45, 2.75) is 0 Å². The number of nitrogens with one attached hydrogen (secondary N) is 3. The van der Waals surface area contributed by atoms with Crippen LogP contribution in [0.3, 0.4) is 0 Å². The van der Waals surface area contributed by atoms with Crippen LogP contribution in [0, 0.1) is 5.92 Å². The molecule has 2 amide bonds. The molecule has 0 aromatic carbocycles. The smallest absolute Gasteiger partial charge is 0.314 e. The standard InChI is InChI=1S/C8H17N3O2/c1-13-3-2-10-8(12)11-6-7-4-9-5-7/h7,9H,2-6H2,1H3,(H2,10,11,12). The minimum atomic E-state index is -0.107. The molecule has 1 aliphatic rings. The number of amides is 2. The number of hydrogen-bond donors (Lipinski definition) is 3. The molecule has 0 unspecified atom stereocenters. The van der Waals surface area contributed by atoms with Gasteiger partial charge >= 0.3 is 6.03 Å². The molecule has 3 N–H and O–H groups in total. The SMILES string of the molecule is COCCNC(=O)NCC1CNC1. The molecule has 1 saturated heterocycles. The fourth-order valence-corrected chi connectivity index (χ4v) is 1.06. The highest BCUT2D eigenvalue weighted by atomic mass is 16.5. The molecular formula is C8H17N3O2. The van der Waals surface area contributed by atoms with E-state index in [2.05, 4.69) is 16.0 Å². The minimum absolute atomic E-state index is 0.107. The molecule has 76 valence electrons. The molecule has 0 aliphatic carbocycles. The molecular weight excluding hydrogens is 170 g/mol. The van der Waals surface area contributed by atoms with Gasteiger partial charge in [0, 0.05) is 39.2 Å². The van der Waals surface area contributed by atoms with Crippen molar-refractivity contribution in [1.29, 1.82) is 0 Å². The van der Waals surface area contributed by atoms with Crippen molar-refractivity contribution in [1.82, 2.24) is 16.0 Å². The van der Waals surface area contributed by atoms with Crippen LogP contribution < -0.4 is 16.0 Å². The zero-order valence-electron chi connectivity index (χ0n) is 7.93. The molecule has 1 aliphatic heterocycles. The maximum absolute atomic E-state index is 11.1. The van der Waals surface area contributed by atoms with Gasteiger partial charge in [0.15, 0.2) is 0 Å². The maximum Gasteiger partial charge on any atom is 0.314 e. The first-order chi connectivity index (χ1) is 6.33. The summed E-state index contributed by atoms with van der Waals surface area (Å²) in [4.78, 5) is 11.1. The molecule has 0 radical (unpaired) electrons. The second-order valence-electron chi connectivity index (χ2n) is 3.15. The second kappa shape index (κ2) is 5.77. The van der Waals surface area contributed by atoms with Crippen LogP contribution in [-0.2, 0) is 4.74 Å². The zero-order chi connectivity index (χ0) is 9.52. The third-order valence-electron chi connectivity index (χ3n) is 2.01. The van der Waals surface area contributed by atoms with Gasteiger partial charge in [0.25, 0.3) is 0 Å². The molecule has 5 heteroatoms. The predicted octanol–water partition coefficient (Wildman–Crippen LogP) is -0.849. The second-order valence-corrected chi connectivity index (χ2v) is 3.15. The summed E-state index contributed by atoms with van der Waals surface area (Å²) in [5.74, 6) is 0.605. The highest BCUT2D eigenvalue weighted by Crippen LogP contribution is 1.99. The summed E-state index contributed by atoms with van der Waals surface area (Å²) in [5, 5.41) is 8.64. The molecule has 1 fully saturated rings. The van der Waals surface area contributed by atoms with Crippen molar-refractivity contribution in [2.75, 3.05) is 39.9 Å². The third-order valence-corrected chi connectivity index (χ3v) is 2.01. The number of carbonyl (C=O) groups excluding carboxylic acids is 1. The van der Waals surface area contributed by atoms with Gasteiger partial charge in [-0.2, -0.15) is 0 Å². The van der Waals surface area contributed by atoms with E-state index < -0.39 is 0 Å². The van der Waals surface area contributed by atoms with E-state index >= 15 is 0 Å². The first-order valence-corrected chi connectivity index (χ1v) is 4.54. The van der Waals surface area contributed by atoms with Crippen LogP contribution >= 0.6 is 0 Å². The van der Waals surface area contributed by atoms with Crippen LogP contribution in [0.25, 0.3) is 0 Å². The average molecular weight is 187 g/mol. The van der Waals surface area contributed by atoms with Crippen LogP contribution in [0.15, 0.2) is 0 Å². The van der Waals surface area contributed by atoms with Gasteiger partial charge in [-0.15, -0.1) is 0 Å². The van der Waals surface area contributed by atoms with Crippen molar-refractivity contribution in [2.24, 2.45) is 5.92 Å². The molecule has 0 aromatic rings. The lowest BCUT2D eigenvalue weighted by molar-refractivity contribution is 0.195. The monoisotopic (exact) mass is 187 g/mol. The normalized spacial score (nSPS) is 16.4. The van der Waals surface area contributed by atoms with Gasteiger partial charge in [-0.3, -0.25) is 0 Å². The molecule has 13 heavy (non-hydrogen) atoms. The molecule has 1 heterocycles. The molecule has 0 aromatic heterocycles. The lowest BCUT2D eigenvalue weighted by atomic mass is 10.0. The first kappa shape index (κ1) is 10.3. The number of ether oxygens (including phenoxy) is 1. The molecule has 0 saturated carbocycles. The van der Waals surface area contributed by atoms with Gasteiger partial charge in [-0.25, -0.2) is 4.79 Å². The van der Waals surface area contributed by atoms with E-state index in [1.54, 1.807) is 7.11 Å². The van der Waals surface area contributed by atoms with E-state index in [1.165, 1.54) is 0 Å². The van der Waals surface area contributed by atoms with E-state index in [9.17, 15) is 4.79 Å². The van der Waals surface area contributed by atoms with Gasteiger partial charge in [-0.1, -0.05) is 0 Å². The summed E-state index contributed by atoms with van der Waals surface area (Å²) in [5.41, 5.74) is 0. The fraction of sp³-hybridized carbons (Fsp3) is 0.875. The Hall–Kier alpha value is -0.810. The van der Waals surface area contributed by atoms with Crippen molar-refractivity contribution in [3.63, 3.8) is 0 Å². The summed E-state index contributed by atoms with van der Waals surface area (Å²) in [7, 11) is 1.61. The van der Waals surface area contributed by atoms with Crippen LogP contribution in [0.5, 0.6) is 0 Å². The molecule has 5 nitrogen and oxygen atoms in total. The van der Waals surface area contributed by atoms with Crippen LogP contribution in [-0.4, -0.2) is 45.9 Å². The largest absolute Gasteiger partial charge is 0.383 e. The van der Waals surface area contributed by atoms with Gasteiger partial charge in [0.05, 0.1) is 6.61 Å². The Morgan fingerprint density at radius 3 is 2.85 bits per heavy atom. The molecule has 0 bridgehead atoms. The Bertz CT molecular complexity index is 159. The first-order valence-electron chi connectivity index (χ1n) is 4.54. The molecule has 0 spiro atoms. The number of carbonyl (C=O) groups is 1. The summed E-state index contributed by atoms with van der Waals surface area (Å²) < 4.78 is 4.80. The molecule has 0 atom stereocenters.